The number of nitriles is 1. The predicted octanol–water partition coefficient (Wildman–Crippen LogP) is 3.22. The van der Waals surface area contributed by atoms with Crippen LogP contribution >= 0.6 is 0 Å². The van der Waals surface area contributed by atoms with Crippen LogP contribution in [0.4, 0.5) is 0 Å². The molecule has 7 heteroatoms. The molecule has 0 saturated heterocycles. The topological polar surface area (TPSA) is 86.2 Å². The standard InChI is InChI=1S/C23H23N3O4/c1-29-20-10-8-16(12-21(20)30-2)14-25-22(27)18-11-15(13-24)7-9-19(18)26(23(25)28)17-5-3-4-6-17/h7-12,17H,3-6,14H2,1-2H3. The average molecular weight is 405 g/mol. The summed E-state index contributed by atoms with van der Waals surface area (Å²) in [5.74, 6) is 1.11. The lowest BCUT2D eigenvalue weighted by atomic mass is 10.1. The summed E-state index contributed by atoms with van der Waals surface area (Å²) in [4.78, 5) is 26.7. The molecule has 4 rings (SSSR count). The van der Waals surface area contributed by atoms with Gasteiger partial charge >= 0.3 is 5.69 Å². The Labute approximate surface area is 173 Å². The van der Waals surface area contributed by atoms with Gasteiger partial charge in [0.25, 0.3) is 5.56 Å². The zero-order valence-electron chi connectivity index (χ0n) is 17.1. The average Bonchev–Trinajstić information content (AvgIpc) is 3.30. The summed E-state index contributed by atoms with van der Waals surface area (Å²) in [5, 5.41) is 9.67. The lowest BCUT2D eigenvalue weighted by Gasteiger charge is -2.19. The highest BCUT2D eigenvalue weighted by Crippen LogP contribution is 2.31. The molecule has 7 nitrogen and oxygen atoms in total. The molecule has 0 aliphatic heterocycles. The highest BCUT2D eigenvalue weighted by molar-refractivity contribution is 5.79. The number of hydrogen-bond donors (Lipinski definition) is 0. The van der Waals surface area contributed by atoms with E-state index in [4.69, 9.17) is 9.47 Å². The molecule has 1 saturated carbocycles. The van der Waals surface area contributed by atoms with E-state index in [-0.39, 0.29) is 18.3 Å². The summed E-state index contributed by atoms with van der Waals surface area (Å²) in [6.07, 6.45) is 3.93. The SMILES string of the molecule is COc1ccc(Cn2c(=O)c3cc(C#N)ccc3n(C3CCCC3)c2=O)cc1OC. The van der Waals surface area contributed by atoms with Gasteiger partial charge in [-0.05, 0) is 48.7 Å². The van der Waals surface area contributed by atoms with Crippen molar-refractivity contribution < 1.29 is 9.47 Å². The second-order valence-electron chi connectivity index (χ2n) is 7.52. The highest BCUT2D eigenvalue weighted by Gasteiger charge is 2.23. The van der Waals surface area contributed by atoms with Crippen LogP contribution in [0.15, 0.2) is 46.0 Å². The molecule has 1 aliphatic carbocycles. The molecular weight excluding hydrogens is 382 g/mol. The minimum Gasteiger partial charge on any atom is -0.493 e. The summed E-state index contributed by atoms with van der Waals surface area (Å²) in [6, 6.07) is 12.4. The molecule has 0 amide bonds. The van der Waals surface area contributed by atoms with Crippen molar-refractivity contribution in [3.63, 3.8) is 0 Å². The van der Waals surface area contributed by atoms with E-state index >= 15 is 0 Å². The van der Waals surface area contributed by atoms with Gasteiger partial charge in [-0.3, -0.25) is 13.9 Å². The van der Waals surface area contributed by atoms with E-state index in [1.807, 2.05) is 6.07 Å². The smallest absolute Gasteiger partial charge is 0.332 e. The minimum absolute atomic E-state index is 0.0604. The molecule has 2 aromatic carbocycles. The normalized spacial score (nSPS) is 14.0. The molecule has 1 heterocycles. The third kappa shape index (κ3) is 3.35. The monoisotopic (exact) mass is 405 g/mol. The Morgan fingerprint density at radius 2 is 1.77 bits per heavy atom. The molecular formula is C23H23N3O4. The van der Waals surface area contributed by atoms with Crippen LogP contribution in [0.5, 0.6) is 11.5 Å². The van der Waals surface area contributed by atoms with Gasteiger partial charge in [0.05, 0.1) is 43.3 Å². The van der Waals surface area contributed by atoms with E-state index in [1.54, 1.807) is 49.1 Å². The van der Waals surface area contributed by atoms with Gasteiger partial charge in [-0.25, -0.2) is 4.79 Å². The van der Waals surface area contributed by atoms with Gasteiger partial charge in [0, 0.05) is 6.04 Å². The maximum Gasteiger partial charge on any atom is 0.332 e. The largest absolute Gasteiger partial charge is 0.493 e. The van der Waals surface area contributed by atoms with Crippen LogP contribution in [0, 0.1) is 11.3 Å². The van der Waals surface area contributed by atoms with Crippen molar-refractivity contribution >= 4 is 10.9 Å². The Balaban J connectivity index is 1.92. The number of methoxy groups -OCH3 is 2. The van der Waals surface area contributed by atoms with Crippen LogP contribution in [-0.4, -0.2) is 23.4 Å². The molecule has 0 radical (unpaired) electrons. The van der Waals surface area contributed by atoms with Crippen LogP contribution in [0.3, 0.4) is 0 Å². The summed E-state index contributed by atoms with van der Waals surface area (Å²) in [5.41, 5.74) is 1.03. The summed E-state index contributed by atoms with van der Waals surface area (Å²) >= 11 is 0. The van der Waals surface area contributed by atoms with Crippen molar-refractivity contribution in [3.8, 4) is 17.6 Å². The first-order valence-electron chi connectivity index (χ1n) is 9.97. The highest BCUT2D eigenvalue weighted by atomic mass is 16.5. The summed E-state index contributed by atoms with van der Waals surface area (Å²) in [7, 11) is 3.10. The van der Waals surface area contributed by atoms with Gasteiger partial charge in [-0.2, -0.15) is 5.26 Å². The molecule has 0 N–H and O–H groups in total. The minimum atomic E-state index is -0.392. The van der Waals surface area contributed by atoms with Gasteiger partial charge in [-0.1, -0.05) is 18.9 Å². The van der Waals surface area contributed by atoms with Gasteiger partial charge in [-0.15, -0.1) is 0 Å². The number of hydrogen-bond acceptors (Lipinski definition) is 5. The summed E-state index contributed by atoms with van der Waals surface area (Å²) in [6.45, 7) is 0.109. The molecule has 1 aliphatic rings. The van der Waals surface area contributed by atoms with Crippen LogP contribution in [0.1, 0.15) is 42.9 Å². The van der Waals surface area contributed by atoms with Gasteiger partial charge in [0.15, 0.2) is 11.5 Å². The number of fused-ring (bicyclic) bond motifs is 1. The quantitative estimate of drug-likeness (QED) is 0.651. The number of aromatic nitrogens is 2. The molecule has 30 heavy (non-hydrogen) atoms. The Hall–Kier alpha value is -3.53. The second-order valence-corrected chi connectivity index (χ2v) is 7.52. The number of ether oxygens (including phenoxy) is 2. The van der Waals surface area contributed by atoms with Crippen LogP contribution < -0.4 is 20.7 Å². The lowest BCUT2D eigenvalue weighted by molar-refractivity contribution is 0.354. The van der Waals surface area contributed by atoms with E-state index in [1.165, 1.54) is 4.57 Å². The van der Waals surface area contributed by atoms with Crippen LogP contribution in [0.2, 0.25) is 0 Å². The first-order chi connectivity index (χ1) is 14.6. The van der Waals surface area contributed by atoms with Crippen molar-refractivity contribution in [2.75, 3.05) is 14.2 Å². The zero-order valence-corrected chi connectivity index (χ0v) is 17.1. The van der Waals surface area contributed by atoms with Crippen molar-refractivity contribution in [1.29, 1.82) is 5.26 Å². The maximum atomic E-state index is 13.4. The number of rotatable bonds is 5. The molecule has 3 aromatic rings. The fourth-order valence-electron chi connectivity index (χ4n) is 4.27. The molecule has 0 atom stereocenters. The van der Waals surface area contributed by atoms with E-state index in [0.29, 0.717) is 28.0 Å². The number of nitrogens with zero attached hydrogens (tertiary/aromatic N) is 3. The first-order valence-corrected chi connectivity index (χ1v) is 9.97. The third-order valence-electron chi connectivity index (χ3n) is 5.78. The molecule has 1 aromatic heterocycles. The Morgan fingerprint density at radius 3 is 2.43 bits per heavy atom. The van der Waals surface area contributed by atoms with Crippen molar-refractivity contribution in [2.45, 2.75) is 38.3 Å². The molecule has 154 valence electrons. The second kappa shape index (κ2) is 8.07. The van der Waals surface area contributed by atoms with Gasteiger partial charge in [0.1, 0.15) is 0 Å². The lowest BCUT2D eigenvalue weighted by Crippen LogP contribution is -2.41. The Bertz CT molecular complexity index is 1260. The molecule has 0 unspecified atom stereocenters. The van der Waals surface area contributed by atoms with E-state index in [0.717, 1.165) is 31.2 Å². The fraction of sp³-hybridized carbons (Fsp3) is 0.348. The van der Waals surface area contributed by atoms with E-state index in [2.05, 4.69) is 6.07 Å². The van der Waals surface area contributed by atoms with Crippen LogP contribution in [-0.2, 0) is 6.54 Å². The molecule has 0 bridgehead atoms. The number of benzene rings is 2. The van der Waals surface area contributed by atoms with Crippen molar-refractivity contribution in [2.24, 2.45) is 0 Å². The maximum absolute atomic E-state index is 13.4. The Morgan fingerprint density at radius 1 is 1.03 bits per heavy atom. The van der Waals surface area contributed by atoms with Crippen molar-refractivity contribution in [3.05, 3.63) is 68.4 Å². The zero-order chi connectivity index (χ0) is 21.3. The predicted molar refractivity (Wildman–Crippen MR) is 113 cm³/mol. The summed E-state index contributed by atoms with van der Waals surface area (Å²) < 4.78 is 13.6. The molecule has 0 spiro atoms. The van der Waals surface area contributed by atoms with Gasteiger partial charge < -0.3 is 9.47 Å². The van der Waals surface area contributed by atoms with Crippen molar-refractivity contribution in [1.82, 2.24) is 9.13 Å². The van der Waals surface area contributed by atoms with E-state index < -0.39 is 5.56 Å². The van der Waals surface area contributed by atoms with Crippen LogP contribution in [0.25, 0.3) is 10.9 Å². The molecule has 1 fully saturated rings. The third-order valence-corrected chi connectivity index (χ3v) is 5.78. The fourth-order valence-corrected chi connectivity index (χ4v) is 4.27. The van der Waals surface area contributed by atoms with Gasteiger partial charge in [0.2, 0.25) is 0 Å². The Kier molecular flexibility index (Phi) is 5.32. The van der Waals surface area contributed by atoms with E-state index in [9.17, 15) is 14.9 Å². The first kappa shape index (κ1) is 19.8.